The van der Waals surface area contributed by atoms with Crippen LogP contribution in [-0.2, 0) is 10.0 Å². The molecule has 1 aliphatic rings. The molecule has 8 heteroatoms. The van der Waals surface area contributed by atoms with E-state index >= 15 is 0 Å². The van der Waals surface area contributed by atoms with Gasteiger partial charge in [-0.2, -0.15) is 4.31 Å². The van der Waals surface area contributed by atoms with Gasteiger partial charge in [0, 0.05) is 25.4 Å². The van der Waals surface area contributed by atoms with Crippen LogP contribution >= 0.6 is 0 Å². The molecule has 1 aromatic carbocycles. The van der Waals surface area contributed by atoms with Crippen molar-refractivity contribution < 1.29 is 17.9 Å². The third-order valence-electron chi connectivity index (χ3n) is 4.33. The maximum Gasteiger partial charge on any atom is 0.243 e. The van der Waals surface area contributed by atoms with E-state index in [-0.39, 0.29) is 6.10 Å². The summed E-state index contributed by atoms with van der Waals surface area (Å²) in [7, 11) is -3.52. The van der Waals surface area contributed by atoms with E-state index < -0.39 is 10.0 Å². The monoisotopic (exact) mass is 377 g/mol. The molecule has 0 N–H and O–H groups in total. The first-order chi connectivity index (χ1) is 12.5. The van der Waals surface area contributed by atoms with Crippen molar-refractivity contribution in [2.45, 2.75) is 37.7 Å². The summed E-state index contributed by atoms with van der Waals surface area (Å²) >= 11 is 0. The minimum Gasteiger partial charge on any atom is -0.494 e. The van der Waals surface area contributed by atoms with E-state index in [2.05, 4.69) is 9.97 Å². The molecule has 2 aromatic rings. The number of sulfonamides is 1. The van der Waals surface area contributed by atoms with Gasteiger partial charge in [0.05, 0.1) is 11.5 Å². The predicted octanol–water partition coefficient (Wildman–Crippen LogP) is 2.42. The molecule has 0 unspecified atom stereocenters. The fourth-order valence-electron chi connectivity index (χ4n) is 2.96. The molecule has 1 saturated heterocycles. The zero-order chi connectivity index (χ0) is 18.6. The number of hydrogen-bond donors (Lipinski definition) is 0. The Morgan fingerprint density at radius 3 is 2.62 bits per heavy atom. The Morgan fingerprint density at radius 2 is 2.00 bits per heavy atom. The predicted molar refractivity (Wildman–Crippen MR) is 96.8 cm³/mol. The summed E-state index contributed by atoms with van der Waals surface area (Å²) in [4.78, 5) is 8.20. The largest absolute Gasteiger partial charge is 0.494 e. The summed E-state index contributed by atoms with van der Waals surface area (Å²) < 4.78 is 38.6. The molecule has 7 nitrogen and oxygen atoms in total. The van der Waals surface area contributed by atoms with Crippen LogP contribution in [0.1, 0.15) is 25.3 Å². The minimum atomic E-state index is -3.52. The molecule has 0 spiro atoms. The molecule has 0 bridgehead atoms. The average Bonchev–Trinajstić information content (AvgIpc) is 2.65. The van der Waals surface area contributed by atoms with Crippen LogP contribution in [0.4, 0.5) is 0 Å². The Labute approximate surface area is 154 Å². The Morgan fingerprint density at radius 1 is 1.23 bits per heavy atom. The smallest absolute Gasteiger partial charge is 0.243 e. The van der Waals surface area contributed by atoms with Gasteiger partial charge in [-0.3, -0.25) is 0 Å². The fourth-order valence-corrected chi connectivity index (χ4v) is 4.51. The van der Waals surface area contributed by atoms with Gasteiger partial charge in [0.25, 0.3) is 0 Å². The van der Waals surface area contributed by atoms with E-state index in [9.17, 15) is 8.42 Å². The molecule has 0 aliphatic carbocycles. The molecule has 3 rings (SSSR count). The second-order valence-electron chi connectivity index (χ2n) is 6.13. The van der Waals surface area contributed by atoms with Crippen LogP contribution in [0.2, 0.25) is 0 Å². The van der Waals surface area contributed by atoms with Crippen LogP contribution in [0, 0.1) is 6.92 Å². The maximum atomic E-state index is 12.9. The number of ether oxygens (including phenoxy) is 2. The lowest BCUT2D eigenvalue weighted by Crippen LogP contribution is -2.41. The molecular weight excluding hydrogens is 354 g/mol. The van der Waals surface area contributed by atoms with Crippen molar-refractivity contribution in [3.05, 3.63) is 42.4 Å². The zero-order valence-corrected chi connectivity index (χ0v) is 15.8. The maximum absolute atomic E-state index is 12.9. The van der Waals surface area contributed by atoms with Crippen LogP contribution in [-0.4, -0.2) is 48.5 Å². The molecule has 2 heterocycles. The molecule has 0 atom stereocenters. The highest BCUT2D eigenvalue weighted by Gasteiger charge is 2.30. The van der Waals surface area contributed by atoms with Crippen molar-refractivity contribution in [1.29, 1.82) is 0 Å². The van der Waals surface area contributed by atoms with Crippen molar-refractivity contribution in [2.24, 2.45) is 0 Å². The first-order valence-corrected chi connectivity index (χ1v) is 10.1. The van der Waals surface area contributed by atoms with Gasteiger partial charge in [-0.25, -0.2) is 18.4 Å². The molecule has 1 aliphatic heterocycles. The van der Waals surface area contributed by atoms with Gasteiger partial charge in [-0.1, -0.05) is 0 Å². The summed E-state index contributed by atoms with van der Waals surface area (Å²) in [5, 5.41) is 0. The Hall–Kier alpha value is -2.19. The molecule has 1 aromatic heterocycles. The van der Waals surface area contributed by atoms with Gasteiger partial charge in [-0.15, -0.1) is 0 Å². The highest BCUT2D eigenvalue weighted by Crippen LogP contribution is 2.26. The second kappa shape index (κ2) is 8.01. The van der Waals surface area contributed by atoms with Crippen LogP contribution in [0.25, 0.3) is 0 Å². The standard InChI is InChI=1S/C18H23N3O4S/c1-3-24-17-5-4-16(12-14(17)2)26(22,23)21-10-7-15(8-11-21)25-18-6-9-19-13-20-18/h4-6,9,12-13,15H,3,7-8,10-11H2,1-2H3. The average molecular weight is 377 g/mol. The summed E-state index contributed by atoms with van der Waals surface area (Å²) in [5.41, 5.74) is 0.815. The Balaban J connectivity index is 1.65. The molecule has 26 heavy (non-hydrogen) atoms. The van der Waals surface area contributed by atoms with E-state index in [4.69, 9.17) is 9.47 Å². The first-order valence-electron chi connectivity index (χ1n) is 8.67. The number of nitrogens with zero attached hydrogens (tertiary/aromatic N) is 3. The molecule has 0 radical (unpaired) electrons. The van der Waals surface area contributed by atoms with Gasteiger partial charge in [0.1, 0.15) is 18.2 Å². The lowest BCUT2D eigenvalue weighted by atomic mass is 10.1. The first kappa shape index (κ1) is 18.6. The van der Waals surface area contributed by atoms with Gasteiger partial charge >= 0.3 is 0 Å². The van der Waals surface area contributed by atoms with E-state index in [0.717, 1.165) is 5.56 Å². The SMILES string of the molecule is CCOc1ccc(S(=O)(=O)N2CCC(Oc3ccncn3)CC2)cc1C. The highest BCUT2D eigenvalue weighted by atomic mass is 32.2. The van der Waals surface area contributed by atoms with Crippen molar-refractivity contribution in [1.82, 2.24) is 14.3 Å². The van der Waals surface area contributed by atoms with Crippen LogP contribution in [0.15, 0.2) is 41.7 Å². The van der Waals surface area contributed by atoms with Crippen LogP contribution < -0.4 is 9.47 Å². The minimum absolute atomic E-state index is 0.0431. The molecular formula is C18H23N3O4S. The van der Waals surface area contributed by atoms with E-state index in [1.165, 1.54) is 10.6 Å². The highest BCUT2D eigenvalue weighted by molar-refractivity contribution is 7.89. The number of rotatable bonds is 6. The second-order valence-corrected chi connectivity index (χ2v) is 8.07. The number of piperidine rings is 1. The number of benzene rings is 1. The van der Waals surface area contributed by atoms with Gasteiger partial charge in [-0.05, 0) is 50.5 Å². The number of aromatic nitrogens is 2. The summed E-state index contributed by atoms with van der Waals surface area (Å²) in [6, 6.07) is 6.70. The third-order valence-corrected chi connectivity index (χ3v) is 6.22. The van der Waals surface area contributed by atoms with Crippen LogP contribution in [0.5, 0.6) is 11.6 Å². The van der Waals surface area contributed by atoms with Crippen LogP contribution in [0.3, 0.4) is 0 Å². The summed E-state index contributed by atoms with van der Waals surface area (Å²) in [5.74, 6) is 1.23. The van der Waals surface area contributed by atoms with E-state index in [1.807, 2.05) is 13.8 Å². The van der Waals surface area contributed by atoms with Crippen molar-refractivity contribution >= 4 is 10.0 Å². The van der Waals surface area contributed by atoms with Gasteiger partial charge in [0.2, 0.25) is 15.9 Å². The molecule has 0 amide bonds. The van der Waals surface area contributed by atoms with Crippen molar-refractivity contribution in [3.63, 3.8) is 0 Å². The topological polar surface area (TPSA) is 81.6 Å². The van der Waals surface area contributed by atoms with E-state index in [1.54, 1.807) is 30.5 Å². The normalized spacial score (nSPS) is 16.4. The Kier molecular flexibility index (Phi) is 5.73. The summed E-state index contributed by atoms with van der Waals surface area (Å²) in [6.45, 7) is 5.14. The third kappa shape index (κ3) is 4.13. The Bertz CT molecular complexity index is 835. The summed E-state index contributed by atoms with van der Waals surface area (Å²) in [6.07, 6.45) is 4.26. The fraction of sp³-hybridized carbons (Fsp3) is 0.444. The lowest BCUT2D eigenvalue weighted by Gasteiger charge is -2.31. The number of aryl methyl sites for hydroxylation is 1. The molecule has 140 valence electrons. The van der Waals surface area contributed by atoms with E-state index in [0.29, 0.717) is 49.1 Å². The quantitative estimate of drug-likeness (QED) is 0.769. The lowest BCUT2D eigenvalue weighted by molar-refractivity contribution is 0.129. The zero-order valence-electron chi connectivity index (χ0n) is 15.0. The van der Waals surface area contributed by atoms with Crippen molar-refractivity contribution in [3.8, 4) is 11.6 Å². The van der Waals surface area contributed by atoms with Gasteiger partial charge in [0.15, 0.2) is 0 Å². The van der Waals surface area contributed by atoms with Crippen molar-refractivity contribution in [2.75, 3.05) is 19.7 Å². The molecule has 0 saturated carbocycles. The molecule has 1 fully saturated rings. The number of hydrogen-bond acceptors (Lipinski definition) is 6. The van der Waals surface area contributed by atoms with Gasteiger partial charge < -0.3 is 9.47 Å².